The predicted molar refractivity (Wildman–Crippen MR) is 114 cm³/mol. The normalized spacial score (nSPS) is 17.7. The predicted octanol–water partition coefficient (Wildman–Crippen LogP) is 2.74. The van der Waals surface area contributed by atoms with E-state index in [0.717, 1.165) is 4.90 Å². The average molecular weight is 460 g/mol. The number of hydrogen-bond donors (Lipinski definition) is 3. The number of hydrazine groups is 1. The molecule has 2 aromatic rings. The van der Waals surface area contributed by atoms with Crippen molar-refractivity contribution in [3.8, 4) is 17.0 Å². The summed E-state index contributed by atoms with van der Waals surface area (Å²) in [7, 11) is 0. The number of carbonyl (C=O) groups is 1. The van der Waals surface area contributed by atoms with Crippen molar-refractivity contribution in [2.24, 2.45) is 4.99 Å². The molecule has 5 rings (SSSR count). The van der Waals surface area contributed by atoms with E-state index in [1.165, 1.54) is 12.3 Å². The van der Waals surface area contributed by atoms with Crippen molar-refractivity contribution in [1.29, 1.82) is 0 Å². The number of thioether (sulfide) groups is 1. The lowest BCUT2D eigenvalue weighted by molar-refractivity contribution is -0.112. The molecule has 0 atom stereocenters. The highest BCUT2D eigenvalue weighted by molar-refractivity contribution is 8.00. The van der Waals surface area contributed by atoms with Crippen LogP contribution in [0.3, 0.4) is 0 Å². The first-order valence-electron chi connectivity index (χ1n) is 9.74. The van der Waals surface area contributed by atoms with Gasteiger partial charge in [0.1, 0.15) is 11.4 Å². The number of alkyl halides is 2. The Kier molecular flexibility index (Phi) is 5.64. The molecule has 1 saturated heterocycles. The van der Waals surface area contributed by atoms with Gasteiger partial charge in [0.2, 0.25) is 0 Å². The van der Waals surface area contributed by atoms with Crippen molar-refractivity contribution in [2.45, 2.75) is 16.8 Å². The van der Waals surface area contributed by atoms with E-state index in [4.69, 9.17) is 9.47 Å². The number of anilines is 1. The van der Waals surface area contributed by atoms with Crippen LogP contribution in [0.15, 0.2) is 58.0 Å². The molecule has 1 aromatic heterocycles. The maximum Gasteiger partial charge on any atom is 0.387 e. The fourth-order valence-corrected chi connectivity index (χ4v) is 4.42. The second-order valence-corrected chi connectivity index (χ2v) is 8.42. The summed E-state index contributed by atoms with van der Waals surface area (Å²) in [5, 5.41) is 11.6. The Balaban J connectivity index is 1.44. The SMILES string of the molecule is O=C(Nc1c[nH]nc1-c1cc(SC2COC2)ccc1OC(F)F)C1=C2N=CC=CN2NC1. The number of nitrogens with zero attached hydrogens (tertiary/aromatic N) is 3. The zero-order chi connectivity index (χ0) is 22.1. The van der Waals surface area contributed by atoms with Gasteiger partial charge in [0.05, 0.1) is 29.7 Å². The molecule has 3 N–H and O–H groups in total. The number of fused-ring (bicyclic) bond motifs is 1. The van der Waals surface area contributed by atoms with Crippen LogP contribution >= 0.6 is 11.8 Å². The first-order chi connectivity index (χ1) is 15.6. The quantitative estimate of drug-likeness (QED) is 0.584. The van der Waals surface area contributed by atoms with Crippen LogP contribution in [-0.4, -0.2) is 58.9 Å². The molecule has 12 heteroatoms. The summed E-state index contributed by atoms with van der Waals surface area (Å²) in [5.74, 6) is 0.0889. The summed E-state index contributed by atoms with van der Waals surface area (Å²) < 4.78 is 35.9. The largest absolute Gasteiger partial charge is 0.434 e. The molecule has 166 valence electrons. The number of aromatic amines is 1. The van der Waals surface area contributed by atoms with E-state index >= 15 is 0 Å². The van der Waals surface area contributed by atoms with Gasteiger partial charge in [0.15, 0.2) is 5.82 Å². The highest BCUT2D eigenvalue weighted by atomic mass is 32.2. The minimum absolute atomic E-state index is 0.0328. The number of benzene rings is 1. The minimum atomic E-state index is -3.00. The van der Waals surface area contributed by atoms with Crippen LogP contribution in [-0.2, 0) is 9.53 Å². The van der Waals surface area contributed by atoms with E-state index in [-0.39, 0.29) is 11.7 Å². The number of hydrogen-bond acceptors (Lipinski definition) is 8. The Labute approximate surface area is 185 Å². The van der Waals surface area contributed by atoms with Crippen LogP contribution in [0.1, 0.15) is 0 Å². The Hall–Kier alpha value is -3.22. The molecule has 1 amide bonds. The summed E-state index contributed by atoms with van der Waals surface area (Å²) in [5.41, 5.74) is 4.46. The molecule has 3 aliphatic rings. The van der Waals surface area contributed by atoms with Gasteiger partial charge in [-0.05, 0) is 24.3 Å². The lowest BCUT2D eigenvalue weighted by atomic mass is 10.1. The number of aliphatic imine (C=N–C) groups is 1. The van der Waals surface area contributed by atoms with Gasteiger partial charge in [-0.25, -0.2) is 10.4 Å². The van der Waals surface area contributed by atoms with Gasteiger partial charge in [0.25, 0.3) is 5.91 Å². The van der Waals surface area contributed by atoms with Gasteiger partial charge in [0, 0.05) is 35.6 Å². The highest BCUT2D eigenvalue weighted by Gasteiger charge is 2.28. The number of rotatable bonds is 7. The third-order valence-corrected chi connectivity index (χ3v) is 6.07. The lowest BCUT2D eigenvalue weighted by Gasteiger charge is -2.25. The molecule has 0 aliphatic carbocycles. The van der Waals surface area contributed by atoms with E-state index in [1.54, 1.807) is 47.4 Å². The van der Waals surface area contributed by atoms with E-state index in [1.807, 2.05) is 0 Å². The molecule has 0 saturated carbocycles. The van der Waals surface area contributed by atoms with Crippen molar-refractivity contribution in [2.75, 3.05) is 25.1 Å². The fraction of sp³-hybridized carbons (Fsp3) is 0.250. The van der Waals surface area contributed by atoms with E-state index < -0.39 is 6.61 Å². The number of amides is 1. The summed E-state index contributed by atoms with van der Waals surface area (Å²) >= 11 is 1.59. The average Bonchev–Trinajstić information content (AvgIpc) is 3.38. The van der Waals surface area contributed by atoms with Gasteiger partial charge in [-0.3, -0.25) is 14.9 Å². The van der Waals surface area contributed by atoms with Crippen LogP contribution in [0.4, 0.5) is 14.5 Å². The zero-order valence-corrected chi connectivity index (χ0v) is 17.4. The maximum atomic E-state index is 13.0. The number of aromatic nitrogens is 2. The van der Waals surface area contributed by atoms with Crippen LogP contribution in [0.2, 0.25) is 0 Å². The number of carbonyl (C=O) groups excluding carboxylic acids is 1. The number of halogens is 2. The van der Waals surface area contributed by atoms with Crippen molar-refractivity contribution < 1.29 is 23.0 Å². The van der Waals surface area contributed by atoms with Crippen LogP contribution < -0.4 is 15.5 Å². The first-order valence-corrected chi connectivity index (χ1v) is 10.6. The van der Waals surface area contributed by atoms with Crippen molar-refractivity contribution >= 4 is 29.6 Å². The summed E-state index contributed by atoms with van der Waals surface area (Å²) in [6.45, 7) is -1.42. The number of ether oxygens (including phenoxy) is 2. The molecule has 0 radical (unpaired) electrons. The van der Waals surface area contributed by atoms with Gasteiger partial charge in [-0.2, -0.15) is 13.9 Å². The topological polar surface area (TPSA) is 104 Å². The number of H-pyrrole nitrogens is 1. The Bertz CT molecular complexity index is 1130. The van der Waals surface area contributed by atoms with Gasteiger partial charge >= 0.3 is 6.61 Å². The molecule has 3 aliphatic heterocycles. The monoisotopic (exact) mass is 460 g/mol. The van der Waals surface area contributed by atoms with Crippen molar-refractivity contribution in [3.63, 3.8) is 0 Å². The summed E-state index contributed by atoms with van der Waals surface area (Å²) in [6.07, 6.45) is 6.60. The molecule has 0 bridgehead atoms. The van der Waals surface area contributed by atoms with Crippen LogP contribution in [0, 0.1) is 0 Å². The molecule has 0 unspecified atom stereocenters. The van der Waals surface area contributed by atoms with Crippen LogP contribution in [0.5, 0.6) is 5.75 Å². The van der Waals surface area contributed by atoms with Gasteiger partial charge in [-0.15, -0.1) is 11.8 Å². The molecule has 32 heavy (non-hydrogen) atoms. The zero-order valence-electron chi connectivity index (χ0n) is 16.5. The molecule has 0 spiro atoms. The Morgan fingerprint density at radius 3 is 3.03 bits per heavy atom. The molecular formula is C20H18F2N6O3S. The second kappa shape index (κ2) is 8.73. The highest BCUT2D eigenvalue weighted by Crippen LogP contribution is 2.39. The molecular weight excluding hydrogens is 442 g/mol. The number of nitrogens with one attached hydrogen (secondary N) is 3. The standard InChI is InChI=1S/C20H18F2N6O3S/c21-20(22)31-16-3-2-11(32-12-9-30-10-12)6-13(16)17-15(8-24-27-17)26-19(29)14-7-25-28-5-1-4-23-18(14)28/h1-6,8,12,20,25H,7,9-10H2,(H,24,27)(H,26,29). The third kappa shape index (κ3) is 4.11. The summed E-state index contributed by atoms with van der Waals surface area (Å²) in [4.78, 5) is 18.0. The first kappa shape index (κ1) is 20.7. The second-order valence-electron chi connectivity index (χ2n) is 7.04. The van der Waals surface area contributed by atoms with Crippen LogP contribution in [0.25, 0.3) is 11.3 Å². The minimum Gasteiger partial charge on any atom is -0.434 e. The van der Waals surface area contributed by atoms with Crippen molar-refractivity contribution in [1.82, 2.24) is 20.6 Å². The maximum absolute atomic E-state index is 13.0. The van der Waals surface area contributed by atoms with Gasteiger partial charge in [-0.1, -0.05) is 0 Å². The van der Waals surface area contributed by atoms with Crippen molar-refractivity contribution in [3.05, 3.63) is 48.1 Å². The molecule has 1 fully saturated rings. The molecule has 1 aromatic carbocycles. The van der Waals surface area contributed by atoms with Gasteiger partial charge < -0.3 is 14.8 Å². The van der Waals surface area contributed by atoms with E-state index in [9.17, 15) is 13.6 Å². The molecule has 4 heterocycles. The third-order valence-electron chi connectivity index (χ3n) is 4.94. The Morgan fingerprint density at radius 2 is 2.25 bits per heavy atom. The lowest BCUT2D eigenvalue weighted by Crippen LogP contribution is -2.30. The fourth-order valence-electron chi connectivity index (χ4n) is 3.38. The van der Waals surface area contributed by atoms with E-state index in [0.29, 0.717) is 53.3 Å². The molecule has 9 nitrogen and oxygen atoms in total. The van der Waals surface area contributed by atoms with E-state index in [2.05, 4.69) is 25.9 Å². The summed E-state index contributed by atoms with van der Waals surface area (Å²) in [6, 6.07) is 4.93. The number of allylic oxidation sites excluding steroid dienone is 1. The Morgan fingerprint density at radius 1 is 1.38 bits per heavy atom. The smallest absolute Gasteiger partial charge is 0.387 e.